The summed E-state index contributed by atoms with van der Waals surface area (Å²) in [6.07, 6.45) is 0.0108. The second-order valence-corrected chi connectivity index (χ2v) is 4.92. The third-order valence-electron chi connectivity index (χ3n) is 3.06. The number of halogens is 2. The molecule has 0 heterocycles. The molecule has 0 saturated heterocycles. The molecule has 2 aromatic rings. The van der Waals surface area contributed by atoms with Gasteiger partial charge in [0, 0.05) is 16.1 Å². The molecule has 0 spiro atoms. The molecule has 2 rings (SSSR count). The maximum absolute atomic E-state index is 13.7. The monoisotopic (exact) mass is 294 g/mol. The lowest BCUT2D eigenvalue weighted by molar-refractivity contribution is 0.166. The van der Waals surface area contributed by atoms with E-state index in [4.69, 9.17) is 16.3 Å². The predicted octanol–water partition coefficient (Wildman–Crippen LogP) is 4.50. The molecule has 20 heavy (non-hydrogen) atoms. The molecule has 0 fully saturated rings. The number of hydrogen-bond acceptors (Lipinski definition) is 2. The molecule has 0 aliphatic rings. The molecule has 4 heteroatoms. The first-order valence-electron chi connectivity index (χ1n) is 6.45. The number of aliphatic hydroxyl groups excluding tert-OH is 1. The highest BCUT2D eigenvalue weighted by atomic mass is 35.5. The van der Waals surface area contributed by atoms with Crippen LogP contribution >= 0.6 is 11.6 Å². The van der Waals surface area contributed by atoms with E-state index in [2.05, 4.69) is 0 Å². The number of hydrogen-bond donors (Lipinski definition) is 1. The zero-order chi connectivity index (χ0) is 14.5. The van der Waals surface area contributed by atoms with Gasteiger partial charge in [-0.2, -0.15) is 0 Å². The fourth-order valence-electron chi connectivity index (χ4n) is 1.90. The van der Waals surface area contributed by atoms with Crippen LogP contribution in [-0.4, -0.2) is 5.11 Å². The molecule has 2 aromatic carbocycles. The van der Waals surface area contributed by atoms with E-state index >= 15 is 0 Å². The molecule has 1 N–H and O–H groups in total. The molecule has 1 atom stereocenters. The van der Waals surface area contributed by atoms with Crippen molar-refractivity contribution in [2.75, 3.05) is 0 Å². The Balaban J connectivity index is 2.15. The highest BCUT2D eigenvalue weighted by Gasteiger charge is 2.12. The van der Waals surface area contributed by atoms with Crippen molar-refractivity contribution in [2.24, 2.45) is 0 Å². The summed E-state index contributed by atoms with van der Waals surface area (Å²) in [4.78, 5) is 0. The Morgan fingerprint density at radius 2 is 2.00 bits per heavy atom. The van der Waals surface area contributed by atoms with Crippen LogP contribution in [0, 0.1) is 5.82 Å². The van der Waals surface area contributed by atoms with Gasteiger partial charge in [-0.3, -0.25) is 0 Å². The Hall–Kier alpha value is -1.58. The first kappa shape index (κ1) is 14.8. The van der Waals surface area contributed by atoms with Crippen molar-refractivity contribution in [3.05, 3.63) is 64.4 Å². The lowest BCUT2D eigenvalue weighted by Crippen LogP contribution is -2.03. The largest absolute Gasteiger partial charge is 0.488 e. The second kappa shape index (κ2) is 6.73. The van der Waals surface area contributed by atoms with Gasteiger partial charge < -0.3 is 9.84 Å². The highest BCUT2D eigenvalue weighted by molar-refractivity contribution is 6.30. The predicted molar refractivity (Wildman–Crippen MR) is 77.4 cm³/mol. The van der Waals surface area contributed by atoms with E-state index in [1.54, 1.807) is 18.2 Å². The van der Waals surface area contributed by atoms with Gasteiger partial charge in [-0.15, -0.1) is 0 Å². The second-order valence-electron chi connectivity index (χ2n) is 4.49. The smallest absolute Gasteiger partial charge is 0.131 e. The van der Waals surface area contributed by atoms with Crippen molar-refractivity contribution in [3.8, 4) is 5.75 Å². The third kappa shape index (κ3) is 3.50. The molecular weight excluding hydrogens is 279 g/mol. The van der Waals surface area contributed by atoms with Gasteiger partial charge in [-0.1, -0.05) is 42.8 Å². The van der Waals surface area contributed by atoms with Crippen molar-refractivity contribution in [2.45, 2.75) is 26.1 Å². The van der Waals surface area contributed by atoms with Crippen LogP contribution in [0.5, 0.6) is 5.75 Å². The molecule has 0 bridgehead atoms. The number of aliphatic hydroxyl groups is 1. The van der Waals surface area contributed by atoms with Gasteiger partial charge in [-0.05, 0) is 24.6 Å². The van der Waals surface area contributed by atoms with Crippen LogP contribution in [0.25, 0.3) is 0 Å². The topological polar surface area (TPSA) is 29.5 Å². The zero-order valence-corrected chi connectivity index (χ0v) is 11.9. The van der Waals surface area contributed by atoms with Crippen molar-refractivity contribution in [1.29, 1.82) is 0 Å². The van der Waals surface area contributed by atoms with Gasteiger partial charge in [0.05, 0.1) is 6.10 Å². The Labute approximate surface area is 122 Å². The van der Waals surface area contributed by atoms with E-state index in [0.717, 1.165) is 0 Å². The van der Waals surface area contributed by atoms with Crippen LogP contribution in [0.3, 0.4) is 0 Å². The molecule has 0 aliphatic carbocycles. The number of benzene rings is 2. The van der Waals surface area contributed by atoms with Gasteiger partial charge in [0.15, 0.2) is 0 Å². The summed E-state index contributed by atoms with van der Waals surface area (Å²) < 4.78 is 19.3. The van der Waals surface area contributed by atoms with E-state index in [1.165, 1.54) is 6.07 Å². The summed E-state index contributed by atoms with van der Waals surface area (Å²) >= 11 is 5.71. The van der Waals surface area contributed by atoms with Gasteiger partial charge in [0.2, 0.25) is 0 Å². The quantitative estimate of drug-likeness (QED) is 0.879. The lowest BCUT2D eigenvalue weighted by atomic mass is 10.1. The zero-order valence-electron chi connectivity index (χ0n) is 11.1. The van der Waals surface area contributed by atoms with Crippen molar-refractivity contribution >= 4 is 11.6 Å². The molecule has 0 saturated carbocycles. The Bertz CT molecular complexity index is 586. The van der Waals surface area contributed by atoms with Crippen LogP contribution in [0.1, 0.15) is 30.6 Å². The summed E-state index contributed by atoms with van der Waals surface area (Å²) in [5, 5.41) is 10.3. The SMILES string of the molecule is CC[C@@H](O)c1ccccc1OCc1ccc(Cl)cc1F. The van der Waals surface area contributed by atoms with Crippen molar-refractivity contribution < 1.29 is 14.2 Å². The summed E-state index contributed by atoms with van der Waals surface area (Å²) in [5.41, 5.74) is 1.14. The van der Waals surface area contributed by atoms with E-state index in [9.17, 15) is 9.50 Å². The molecule has 2 nitrogen and oxygen atoms in total. The number of rotatable bonds is 5. The van der Waals surface area contributed by atoms with Crippen LogP contribution in [0.4, 0.5) is 4.39 Å². The molecule has 0 amide bonds. The van der Waals surface area contributed by atoms with Crippen LogP contribution in [0.15, 0.2) is 42.5 Å². The Morgan fingerprint density at radius 3 is 2.70 bits per heavy atom. The lowest BCUT2D eigenvalue weighted by Gasteiger charge is -2.15. The maximum atomic E-state index is 13.7. The van der Waals surface area contributed by atoms with E-state index in [1.807, 2.05) is 25.1 Å². The fraction of sp³-hybridized carbons (Fsp3) is 0.250. The summed E-state index contributed by atoms with van der Waals surface area (Å²) in [6, 6.07) is 11.7. The molecule has 0 radical (unpaired) electrons. The summed E-state index contributed by atoms with van der Waals surface area (Å²) in [6.45, 7) is 1.98. The normalized spacial score (nSPS) is 12.2. The Kier molecular flexibility index (Phi) is 4.99. The van der Waals surface area contributed by atoms with Crippen LogP contribution in [-0.2, 0) is 6.61 Å². The average molecular weight is 295 g/mol. The van der Waals surface area contributed by atoms with E-state index < -0.39 is 11.9 Å². The minimum absolute atomic E-state index is 0.0937. The maximum Gasteiger partial charge on any atom is 0.131 e. The van der Waals surface area contributed by atoms with E-state index in [-0.39, 0.29) is 6.61 Å². The van der Waals surface area contributed by atoms with Crippen LogP contribution in [0.2, 0.25) is 5.02 Å². The molecule has 106 valence electrons. The summed E-state index contributed by atoms with van der Waals surface area (Å²) in [7, 11) is 0. The molecule has 0 aliphatic heterocycles. The van der Waals surface area contributed by atoms with Gasteiger partial charge in [-0.25, -0.2) is 4.39 Å². The third-order valence-corrected chi connectivity index (χ3v) is 3.30. The number of para-hydroxylation sites is 1. The minimum Gasteiger partial charge on any atom is -0.488 e. The van der Waals surface area contributed by atoms with Gasteiger partial charge >= 0.3 is 0 Å². The average Bonchev–Trinajstić information content (AvgIpc) is 2.46. The van der Waals surface area contributed by atoms with Crippen molar-refractivity contribution in [3.63, 3.8) is 0 Å². The Morgan fingerprint density at radius 1 is 1.25 bits per heavy atom. The minimum atomic E-state index is -0.582. The molecule has 0 aromatic heterocycles. The standard InChI is InChI=1S/C16H16ClFO2/c1-2-15(19)13-5-3-4-6-16(13)20-10-11-7-8-12(17)9-14(11)18/h3-9,15,19H,2,10H2,1H3/t15-/m1/s1. The van der Waals surface area contributed by atoms with Gasteiger partial charge in [0.1, 0.15) is 18.2 Å². The fourth-order valence-corrected chi connectivity index (χ4v) is 2.06. The van der Waals surface area contributed by atoms with Crippen molar-refractivity contribution in [1.82, 2.24) is 0 Å². The summed E-state index contributed by atoms with van der Waals surface area (Å²) in [5.74, 6) is 0.169. The highest BCUT2D eigenvalue weighted by Crippen LogP contribution is 2.28. The first-order chi connectivity index (χ1) is 9.61. The van der Waals surface area contributed by atoms with E-state index in [0.29, 0.717) is 28.3 Å². The number of ether oxygens (including phenoxy) is 1. The molecular formula is C16H16ClFO2. The van der Waals surface area contributed by atoms with Crippen LogP contribution < -0.4 is 4.74 Å². The molecule has 0 unspecified atom stereocenters. The van der Waals surface area contributed by atoms with Gasteiger partial charge in [0.25, 0.3) is 0 Å². The first-order valence-corrected chi connectivity index (χ1v) is 6.83.